The van der Waals surface area contributed by atoms with Gasteiger partial charge in [-0.25, -0.2) is 0 Å². The normalized spacial score (nSPS) is 10.5. The Kier molecular flexibility index (Phi) is 2.73. The minimum atomic E-state index is -0.0773. The predicted octanol–water partition coefficient (Wildman–Crippen LogP) is 1.96. The summed E-state index contributed by atoms with van der Waals surface area (Å²) in [6, 6.07) is 5.33. The van der Waals surface area contributed by atoms with Crippen LogP contribution < -0.4 is 5.56 Å². The van der Waals surface area contributed by atoms with E-state index in [2.05, 4.69) is 21.1 Å². The molecule has 0 fully saturated rings. The SMILES string of the molecule is Cc1cc(Cn2cccc(Br)c2=O)on1. The molecular weight excluding hydrogens is 260 g/mol. The topological polar surface area (TPSA) is 48.0 Å². The van der Waals surface area contributed by atoms with Crippen LogP contribution in [0.1, 0.15) is 11.5 Å². The van der Waals surface area contributed by atoms with E-state index in [1.165, 1.54) is 0 Å². The Morgan fingerprint density at radius 2 is 2.40 bits per heavy atom. The Balaban J connectivity index is 2.32. The molecule has 2 aromatic heterocycles. The fourth-order valence-electron chi connectivity index (χ4n) is 1.29. The number of hydrogen-bond acceptors (Lipinski definition) is 3. The van der Waals surface area contributed by atoms with Gasteiger partial charge in [0, 0.05) is 12.3 Å². The van der Waals surface area contributed by atoms with Gasteiger partial charge in [0.25, 0.3) is 5.56 Å². The van der Waals surface area contributed by atoms with Gasteiger partial charge in [0.15, 0.2) is 5.76 Å². The van der Waals surface area contributed by atoms with Gasteiger partial charge in [-0.3, -0.25) is 4.79 Å². The highest BCUT2D eigenvalue weighted by Crippen LogP contribution is 2.05. The summed E-state index contributed by atoms with van der Waals surface area (Å²) in [6.45, 7) is 2.25. The first-order valence-corrected chi connectivity index (χ1v) is 5.23. The molecule has 0 bridgehead atoms. The summed E-state index contributed by atoms with van der Waals surface area (Å²) >= 11 is 3.19. The van der Waals surface area contributed by atoms with Crippen molar-refractivity contribution in [1.29, 1.82) is 0 Å². The summed E-state index contributed by atoms with van der Waals surface area (Å²) in [5, 5.41) is 3.76. The molecule has 0 aliphatic heterocycles. The number of halogens is 1. The third-order valence-electron chi connectivity index (χ3n) is 1.98. The second kappa shape index (κ2) is 4.02. The number of hydrogen-bond donors (Lipinski definition) is 0. The van der Waals surface area contributed by atoms with Crippen LogP contribution in [-0.2, 0) is 6.54 Å². The standard InChI is InChI=1S/C10H9BrN2O2/c1-7-5-8(15-12-7)6-13-4-2-3-9(11)10(13)14/h2-5H,6H2,1H3. The molecule has 2 rings (SSSR count). The van der Waals surface area contributed by atoms with E-state index in [0.29, 0.717) is 16.8 Å². The summed E-state index contributed by atoms with van der Waals surface area (Å²) < 4.78 is 7.14. The summed E-state index contributed by atoms with van der Waals surface area (Å²) in [4.78, 5) is 11.6. The van der Waals surface area contributed by atoms with Crippen LogP contribution >= 0.6 is 15.9 Å². The molecule has 0 saturated heterocycles. The molecular formula is C10H9BrN2O2. The quantitative estimate of drug-likeness (QED) is 0.837. The summed E-state index contributed by atoms with van der Waals surface area (Å²) in [5.74, 6) is 0.674. The Hall–Kier alpha value is -1.36. The molecule has 0 aliphatic carbocycles. The van der Waals surface area contributed by atoms with E-state index >= 15 is 0 Å². The van der Waals surface area contributed by atoms with Gasteiger partial charge in [-0.2, -0.15) is 0 Å². The molecule has 0 aliphatic rings. The maximum absolute atomic E-state index is 11.6. The average molecular weight is 269 g/mol. The lowest BCUT2D eigenvalue weighted by Gasteiger charge is -2.01. The largest absolute Gasteiger partial charge is 0.359 e. The molecule has 0 unspecified atom stereocenters. The lowest BCUT2D eigenvalue weighted by Crippen LogP contribution is -2.19. The van der Waals surface area contributed by atoms with Gasteiger partial charge in [-0.05, 0) is 35.0 Å². The summed E-state index contributed by atoms with van der Waals surface area (Å²) in [7, 11) is 0. The van der Waals surface area contributed by atoms with Gasteiger partial charge in [0.05, 0.1) is 16.7 Å². The molecule has 0 amide bonds. The van der Waals surface area contributed by atoms with E-state index in [1.807, 2.05) is 13.0 Å². The van der Waals surface area contributed by atoms with Crippen molar-refractivity contribution in [2.75, 3.05) is 0 Å². The van der Waals surface area contributed by atoms with Crippen molar-refractivity contribution in [3.05, 3.63) is 50.7 Å². The zero-order valence-electron chi connectivity index (χ0n) is 8.11. The number of aryl methyl sites for hydroxylation is 1. The van der Waals surface area contributed by atoms with Crippen LogP contribution in [0, 0.1) is 6.92 Å². The number of rotatable bonds is 2. The van der Waals surface area contributed by atoms with Gasteiger partial charge in [-0.1, -0.05) is 5.16 Å². The summed E-state index contributed by atoms with van der Waals surface area (Å²) in [6.07, 6.45) is 1.71. The molecule has 5 heteroatoms. The van der Waals surface area contributed by atoms with Gasteiger partial charge < -0.3 is 9.09 Å². The van der Waals surface area contributed by atoms with E-state index in [0.717, 1.165) is 5.69 Å². The van der Waals surface area contributed by atoms with Gasteiger partial charge in [0.1, 0.15) is 0 Å². The lowest BCUT2D eigenvalue weighted by atomic mass is 10.3. The van der Waals surface area contributed by atoms with Crippen molar-refractivity contribution in [3.63, 3.8) is 0 Å². The monoisotopic (exact) mass is 268 g/mol. The van der Waals surface area contributed by atoms with E-state index in [-0.39, 0.29) is 5.56 Å². The second-order valence-electron chi connectivity index (χ2n) is 3.22. The minimum absolute atomic E-state index is 0.0773. The van der Waals surface area contributed by atoms with Crippen molar-refractivity contribution >= 4 is 15.9 Å². The van der Waals surface area contributed by atoms with E-state index in [4.69, 9.17) is 4.52 Å². The number of aromatic nitrogens is 2. The van der Waals surface area contributed by atoms with E-state index < -0.39 is 0 Å². The van der Waals surface area contributed by atoms with Crippen LogP contribution in [0.15, 0.2) is 38.2 Å². The smallest absolute Gasteiger partial charge is 0.265 e. The van der Waals surface area contributed by atoms with Crippen molar-refractivity contribution < 1.29 is 4.52 Å². The highest BCUT2D eigenvalue weighted by atomic mass is 79.9. The van der Waals surface area contributed by atoms with Crippen LogP contribution in [0.4, 0.5) is 0 Å². The van der Waals surface area contributed by atoms with Crippen LogP contribution in [-0.4, -0.2) is 9.72 Å². The zero-order valence-corrected chi connectivity index (χ0v) is 9.69. The third-order valence-corrected chi connectivity index (χ3v) is 2.58. The molecule has 0 aromatic carbocycles. The highest BCUT2D eigenvalue weighted by molar-refractivity contribution is 9.10. The van der Waals surface area contributed by atoms with Crippen LogP contribution in [0.5, 0.6) is 0 Å². The van der Waals surface area contributed by atoms with Crippen molar-refractivity contribution in [3.8, 4) is 0 Å². The third kappa shape index (κ3) is 2.18. The average Bonchev–Trinajstić information content (AvgIpc) is 2.59. The zero-order chi connectivity index (χ0) is 10.8. The Labute approximate surface area is 94.6 Å². The first-order valence-electron chi connectivity index (χ1n) is 4.44. The molecule has 0 N–H and O–H groups in total. The van der Waals surface area contributed by atoms with Crippen molar-refractivity contribution in [2.24, 2.45) is 0 Å². The molecule has 2 aromatic rings. The molecule has 0 radical (unpaired) electrons. The Morgan fingerprint density at radius 1 is 1.60 bits per heavy atom. The predicted molar refractivity (Wildman–Crippen MR) is 58.7 cm³/mol. The molecule has 78 valence electrons. The highest BCUT2D eigenvalue weighted by Gasteiger charge is 2.04. The first kappa shape index (κ1) is 10.2. The van der Waals surface area contributed by atoms with Crippen molar-refractivity contribution in [2.45, 2.75) is 13.5 Å². The van der Waals surface area contributed by atoms with E-state index in [9.17, 15) is 4.79 Å². The minimum Gasteiger partial charge on any atom is -0.359 e. The molecule has 0 spiro atoms. The second-order valence-corrected chi connectivity index (χ2v) is 4.08. The lowest BCUT2D eigenvalue weighted by molar-refractivity contribution is 0.371. The maximum Gasteiger partial charge on any atom is 0.265 e. The summed E-state index contributed by atoms with van der Waals surface area (Å²) in [5.41, 5.74) is 0.736. The van der Waals surface area contributed by atoms with Gasteiger partial charge in [-0.15, -0.1) is 0 Å². The number of pyridine rings is 1. The Morgan fingerprint density at radius 3 is 3.07 bits per heavy atom. The molecule has 4 nitrogen and oxygen atoms in total. The van der Waals surface area contributed by atoms with Crippen molar-refractivity contribution in [1.82, 2.24) is 9.72 Å². The number of nitrogens with zero attached hydrogens (tertiary/aromatic N) is 2. The fraction of sp³-hybridized carbons (Fsp3) is 0.200. The van der Waals surface area contributed by atoms with Gasteiger partial charge >= 0.3 is 0 Å². The fourth-order valence-corrected chi connectivity index (χ4v) is 1.67. The molecule has 0 atom stereocenters. The maximum atomic E-state index is 11.6. The van der Waals surface area contributed by atoms with E-state index in [1.54, 1.807) is 22.9 Å². The molecule has 15 heavy (non-hydrogen) atoms. The molecule has 2 heterocycles. The van der Waals surface area contributed by atoms with Gasteiger partial charge in [0.2, 0.25) is 0 Å². The van der Waals surface area contributed by atoms with Crippen LogP contribution in [0.25, 0.3) is 0 Å². The Bertz CT molecular complexity index is 530. The van der Waals surface area contributed by atoms with Crippen LogP contribution in [0.2, 0.25) is 0 Å². The van der Waals surface area contributed by atoms with Crippen LogP contribution in [0.3, 0.4) is 0 Å². The first-order chi connectivity index (χ1) is 7.16. The molecule has 0 saturated carbocycles.